The summed E-state index contributed by atoms with van der Waals surface area (Å²) in [6, 6.07) is 3.04. The second kappa shape index (κ2) is 5.03. The summed E-state index contributed by atoms with van der Waals surface area (Å²) < 4.78 is 4.96. The van der Waals surface area contributed by atoms with E-state index in [4.69, 9.17) is 27.9 Å². The van der Waals surface area contributed by atoms with Crippen LogP contribution in [-0.2, 0) is 0 Å². The second-order valence-electron chi connectivity index (χ2n) is 3.20. The van der Waals surface area contributed by atoms with E-state index < -0.39 is 12.2 Å². The van der Waals surface area contributed by atoms with E-state index >= 15 is 0 Å². The standard InChI is InChI=1S/C10H12Cl2O3/c1-5(13)9(14)6-3-7(11)10(15-2)8(12)4-6/h3-5,9,13-14H,1-2H3/t5-,9-/m1/s1. The quantitative estimate of drug-likeness (QED) is 0.867. The van der Waals surface area contributed by atoms with Crippen LogP contribution in [0.1, 0.15) is 18.6 Å². The molecule has 0 saturated heterocycles. The zero-order chi connectivity index (χ0) is 11.6. The van der Waals surface area contributed by atoms with Gasteiger partial charge in [0.25, 0.3) is 0 Å². The molecule has 0 fully saturated rings. The minimum Gasteiger partial charge on any atom is -0.494 e. The highest BCUT2D eigenvalue weighted by Gasteiger charge is 2.17. The van der Waals surface area contributed by atoms with Crippen molar-refractivity contribution >= 4 is 23.2 Å². The summed E-state index contributed by atoms with van der Waals surface area (Å²) >= 11 is 11.8. The van der Waals surface area contributed by atoms with Crippen LogP contribution in [0.25, 0.3) is 0 Å². The molecule has 3 nitrogen and oxygen atoms in total. The number of methoxy groups -OCH3 is 1. The highest BCUT2D eigenvalue weighted by atomic mass is 35.5. The van der Waals surface area contributed by atoms with Gasteiger partial charge in [0.1, 0.15) is 6.10 Å². The number of hydrogen-bond acceptors (Lipinski definition) is 3. The molecule has 0 aliphatic carbocycles. The van der Waals surface area contributed by atoms with Crippen molar-refractivity contribution in [3.8, 4) is 5.75 Å². The van der Waals surface area contributed by atoms with E-state index in [0.717, 1.165) is 0 Å². The number of aliphatic hydroxyl groups is 2. The summed E-state index contributed by atoms with van der Waals surface area (Å²) in [5.41, 5.74) is 0.459. The molecule has 1 aromatic rings. The van der Waals surface area contributed by atoms with Gasteiger partial charge in [0, 0.05) is 0 Å². The van der Waals surface area contributed by atoms with E-state index in [0.29, 0.717) is 21.4 Å². The Hall–Kier alpha value is -0.480. The Morgan fingerprint density at radius 3 is 2.00 bits per heavy atom. The van der Waals surface area contributed by atoms with Crippen molar-refractivity contribution in [2.75, 3.05) is 7.11 Å². The molecule has 2 N–H and O–H groups in total. The Morgan fingerprint density at radius 2 is 1.67 bits per heavy atom. The van der Waals surface area contributed by atoms with Crippen LogP contribution in [0.15, 0.2) is 12.1 Å². The molecular weight excluding hydrogens is 239 g/mol. The number of aliphatic hydroxyl groups excluding tert-OH is 2. The highest BCUT2D eigenvalue weighted by Crippen LogP contribution is 2.35. The molecule has 1 rings (SSSR count). The molecule has 0 aliphatic heterocycles. The SMILES string of the molecule is COc1c(Cl)cc([C@H](O)[C@@H](C)O)cc1Cl. The third kappa shape index (κ3) is 2.75. The summed E-state index contributed by atoms with van der Waals surface area (Å²) in [6.45, 7) is 1.48. The van der Waals surface area contributed by atoms with Gasteiger partial charge in [-0.05, 0) is 24.6 Å². The topological polar surface area (TPSA) is 49.7 Å². The normalized spacial score (nSPS) is 14.8. The first-order chi connectivity index (χ1) is 6.97. The van der Waals surface area contributed by atoms with Gasteiger partial charge in [-0.25, -0.2) is 0 Å². The third-order valence-electron chi connectivity index (χ3n) is 2.02. The highest BCUT2D eigenvalue weighted by molar-refractivity contribution is 6.37. The second-order valence-corrected chi connectivity index (χ2v) is 4.02. The predicted molar refractivity (Wildman–Crippen MR) is 59.7 cm³/mol. The van der Waals surface area contributed by atoms with Crippen LogP contribution in [0, 0.1) is 0 Å². The van der Waals surface area contributed by atoms with Crippen molar-refractivity contribution in [1.29, 1.82) is 0 Å². The van der Waals surface area contributed by atoms with Gasteiger partial charge in [0.15, 0.2) is 5.75 Å². The minimum atomic E-state index is -1.01. The van der Waals surface area contributed by atoms with Gasteiger partial charge in [-0.3, -0.25) is 0 Å². The van der Waals surface area contributed by atoms with E-state index in [1.165, 1.54) is 26.2 Å². The van der Waals surface area contributed by atoms with Crippen molar-refractivity contribution in [3.63, 3.8) is 0 Å². The van der Waals surface area contributed by atoms with E-state index in [1.807, 2.05) is 0 Å². The van der Waals surface area contributed by atoms with Crippen molar-refractivity contribution in [2.24, 2.45) is 0 Å². The molecule has 0 aromatic heterocycles. The molecule has 84 valence electrons. The van der Waals surface area contributed by atoms with Crippen LogP contribution in [0.2, 0.25) is 10.0 Å². The van der Waals surface area contributed by atoms with Crippen LogP contribution < -0.4 is 4.74 Å². The first-order valence-corrected chi connectivity index (χ1v) is 5.12. The molecule has 0 radical (unpaired) electrons. The number of benzene rings is 1. The maximum atomic E-state index is 9.60. The van der Waals surface area contributed by atoms with E-state index in [-0.39, 0.29) is 0 Å². The van der Waals surface area contributed by atoms with E-state index in [9.17, 15) is 10.2 Å². The summed E-state index contributed by atoms with van der Waals surface area (Å²) in [5.74, 6) is 0.361. The van der Waals surface area contributed by atoms with Gasteiger partial charge in [0.2, 0.25) is 0 Å². The van der Waals surface area contributed by atoms with Gasteiger partial charge in [0.05, 0.1) is 23.3 Å². The Bertz CT molecular complexity index is 330. The van der Waals surface area contributed by atoms with E-state index in [1.54, 1.807) is 0 Å². The number of rotatable bonds is 3. The fourth-order valence-corrected chi connectivity index (χ4v) is 1.88. The zero-order valence-electron chi connectivity index (χ0n) is 8.37. The molecule has 0 heterocycles. The maximum Gasteiger partial charge on any atom is 0.156 e. The Morgan fingerprint density at radius 1 is 1.20 bits per heavy atom. The maximum absolute atomic E-state index is 9.60. The van der Waals surface area contributed by atoms with Crippen LogP contribution in [-0.4, -0.2) is 23.4 Å². The Balaban J connectivity index is 3.14. The molecule has 1 aromatic carbocycles. The molecule has 0 amide bonds. The van der Waals surface area contributed by atoms with Gasteiger partial charge in [-0.1, -0.05) is 23.2 Å². The predicted octanol–water partition coefficient (Wildman–Crippen LogP) is 2.42. The Labute approximate surface area is 98.2 Å². The van der Waals surface area contributed by atoms with Crippen molar-refractivity contribution in [2.45, 2.75) is 19.1 Å². The first kappa shape index (κ1) is 12.6. The molecule has 0 spiro atoms. The van der Waals surface area contributed by atoms with Crippen LogP contribution >= 0.6 is 23.2 Å². The largest absolute Gasteiger partial charge is 0.494 e. The molecule has 0 bridgehead atoms. The van der Waals surface area contributed by atoms with Crippen molar-refractivity contribution in [3.05, 3.63) is 27.7 Å². The van der Waals surface area contributed by atoms with Crippen LogP contribution in [0.5, 0.6) is 5.75 Å². The lowest BCUT2D eigenvalue weighted by Gasteiger charge is -2.16. The molecular formula is C10H12Cl2O3. The van der Waals surface area contributed by atoms with Gasteiger partial charge in [-0.2, -0.15) is 0 Å². The molecule has 0 unspecified atom stereocenters. The molecule has 0 saturated carbocycles. The summed E-state index contributed by atoms with van der Waals surface area (Å²) in [4.78, 5) is 0. The molecule has 5 heteroatoms. The smallest absolute Gasteiger partial charge is 0.156 e. The van der Waals surface area contributed by atoms with E-state index in [2.05, 4.69) is 0 Å². The minimum absolute atomic E-state index is 0.305. The number of hydrogen-bond donors (Lipinski definition) is 2. The lowest BCUT2D eigenvalue weighted by atomic mass is 10.1. The number of ether oxygens (including phenoxy) is 1. The van der Waals surface area contributed by atoms with Gasteiger partial charge in [-0.15, -0.1) is 0 Å². The summed E-state index contributed by atoms with van der Waals surface area (Å²) in [7, 11) is 1.46. The summed E-state index contributed by atoms with van der Waals surface area (Å²) in [6.07, 6.45) is -1.89. The zero-order valence-corrected chi connectivity index (χ0v) is 9.88. The fraction of sp³-hybridized carbons (Fsp3) is 0.400. The average molecular weight is 251 g/mol. The lowest BCUT2D eigenvalue weighted by molar-refractivity contribution is 0.0305. The van der Waals surface area contributed by atoms with Crippen molar-refractivity contribution < 1.29 is 14.9 Å². The molecule has 15 heavy (non-hydrogen) atoms. The van der Waals surface area contributed by atoms with Gasteiger partial charge < -0.3 is 14.9 Å². The monoisotopic (exact) mass is 250 g/mol. The van der Waals surface area contributed by atoms with Gasteiger partial charge >= 0.3 is 0 Å². The molecule has 2 atom stereocenters. The molecule has 0 aliphatic rings. The number of halogens is 2. The average Bonchev–Trinajstić information content (AvgIpc) is 2.15. The summed E-state index contributed by atoms with van der Waals surface area (Å²) in [5, 5.41) is 19.4. The third-order valence-corrected chi connectivity index (χ3v) is 2.58. The van der Waals surface area contributed by atoms with Crippen LogP contribution in [0.4, 0.5) is 0 Å². The Kier molecular flexibility index (Phi) is 4.22. The first-order valence-electron chi connectivity index (χ1n) is 4.36. The van der Waals surface area contributed by atoms with Crippen molar-refractivity contribution in [1.82, 2.24) is 0 Å². The van der Waals surface area contributed by atoms with Crippen LogP contribution in [0.3, 0.4) is 0 Å². The fourth-order valence-electron chi connectivity index (χ4n) is 1.22. The lowest BCUT2D eigenvalue weighted by Crippen LogP contribution is -2.13.